The van der Waals surface area contributed by atoms with Gasteiger partial charge in [0.1, 0.15) is 11.4 Å². The van der Waals surface area contributed by atoms with E-state index in [4.69, 9.17) is 16.7 Å². The molecule has 3 unspecified atom stereocenters. The molecule has 3 aliphatic rings. The largest absolute Gasteiger partial charge is 0.465 e. The van der Waals surface area contributed by atoms with Crippen molar-refractivity contribution >= 4 is 11.9 Å². The number of carbonyl (C=O) groups is 1. The van der Waals surface area contributed by atoms with Crippen LogP contribution in [0.3, 0.4) is 0 Å². The SMILES string of the molecule is CC1CC2CC(C(N)=NN)(C1)N2C(=O)O. The number of carboxylic acid groups (broad SMARTS) is 1. The predicted molar refractivity (Wildman–Crippen MR) is 55.2 cm³/mol. The maximum absolute atomic E-state index is 11.1. The van der Waals surface area contributed by atoms with Crippen LogP contribution >= 0.6 is 0 Å². The summed E-state index contributed by atoms with van der Waals surface area (Å²) in [6.07, 6.45) is 1.47. The Balaban J connectivity index is 2.31. The fraction of sp³-hybridized carbons (Fsp3) is 0.778. The predicted octanol–water partition coefficient (Wildman–Crippen LogP) is 0.138. The van der Waals surface area contributed by atoms with Crippen LogP contribution < -0.4 is 11.6 Å². The second-order valence-electron chi connectivity index (χ2n) is 4.60. The van der Waals surface area contributed by atoms with Crippen LogP contribution in [0.1, 0.15) is 26.2 Å². The van der Waals surface area contributed by atoms with Crippen molar-refractivity contribution in [3.63, 3.8) is 0 Å². The van der Waals surface area contributed by atoms with Crippen molar-refractivity contribution in [1.82, 2.24) is 4.90 Å². The van der Waals surface area contributed by atoms with Crippen LogP contribution in [0.25, 0.3) is 0 Å². The molecule has 1 amide bonds. The first kappa shape index (κ1) is 10.1. The first-order valence-corrected chi connectivity index (χ1v) is 5.07. The third-order valence-electron chi connectivity index (χ3n) is 3.58. The van der Waals surface area contributed by atoms with E-state index >= 15 is 0 Å². The molecule has 2 bridgehead atoms. The molecule has 0 aromatic heterocycles. The number of hydrogen-bond acceptors (Lipinski definition) is 3. The zero-order valence-electron chi connectivity index (χ0n) is 8.68. The molecule has 0 aromatic carbocycles. The standard InChI is InChI=1S/C9H16N4O2/c1-5-2-6-4-9(3-5,7(10)12-11)13(6)8(14)15/h5-6H,2-4,11H2,1H3,(H2,10,12)(H,14,15). The molecule has 2 saturated heterocycles. The third-order valence-corrected chi connectivity index (χ3v) is 3.58. The molecule has 15 heavy (non-hydrogen) atoms. The van der Waals surface area contributed by atoms with Crippen molar-refractivity contribution in [2.45, 2.75) is 37.8 Å². The summed E-state index contributed by atoms with van der Waals surface area (Å²) in [7, 11) is 0. The highest BCUT2D eigenvalue weighted by molar-refractivity contribution is 5.94. The molecule has 84 valence electrons. The van der Waals surface area contributed by atoms with Crippen LogP contribution in [0.4, 0.5) is 4.79 Å². The van der Waals surface area contributed by atoms with Gasteiger partial charge in [-0.05, 0) is 25.2 Å². The van der Waals surface area contributed by atoms with Crippen molar-refractivity contribution < 1.29 is 9.90 Å². The van der Waals surface area contributed by atoms with E-state index in [1.165, 1.54) is 4.90 Å². The van der Waals surface area contributed by atoms with E-state index in [9.17, 15) is 4.79 Å². The molecule has 0 spiro atoms. The van der Waals surface area contributed by atoms with Gasteiger partial charge in [-0.15, -0.1) is 0 Å². The summed E-state index contributed by atoms with van der Waals surface area (Å²) in [5, 5.41) is 12.6. The Morgan fingerprint density at radius 2 is 2.27 bits per heavy atom. The second kappa shape index (κ2) is 3.01. The summed E-state index contributed by atoms with van der Waals surface area (Å²) in [5.41, 5.74) is 5.11. The molecule has 1 aliphatic carbocycles. The smallest absolute Gasteiger partial charge is 0.408 e. The molecule has 6 heteroatoms. The molecule has 2 heterocycles. The Hall–Kier alpha value is -1.46. The number of nitrogens with zero attached hydrogens (tertiary/aromatic N) is 2. The fourth-order valence-electron chi connectivity index (χ4n) is 3.10. The lowest BCUT2D eigenvalue weighted by Crippen LogP contribution is -2.76. The van der Waals surface area contributed by atoms with Crippen molar-refractivity contribution in [3.8, 4) is 0 Å². The maximum Gasteiger partial charge on any atom is 0.408 e. The van der Waals surface area contributed by atoms with Gasteiger partial charge in [-0.25, -0.2) is 4.79 Å². The van der Waals surface area contributed by atoms with Gasteiger partial charge in [-0.2, -0.15) is 5.10 Å². The van der Waals surface area contributed by atoms with Crippen molar-refractivity contribution in [2.75, 3.05) is 0 Å². The first-order chi connectivity index (χ1) is 7.01. The Morgan fingerprint density at radius 1 is 1.60 bits per heavy atom. The summed E-state index contributed by atoms with van der Waals surface area (Å²) >= 11 is 0. The summed E-state index contributed by atoms with van der Waals surface area (Å²) in [6, 6.07) is 0.0894. The van der Waals surface area contributed by atoms with Gasteiger partial charge in [-0.3, -0.25) is 4.90 Å². The lowest BCUT2D eigenvalue weighted by molar-refractivity contribution is -0.0655. The molecule has 2 aliphatic heterocycles. The van der Waals surface area contributed by atoms with Gasteiger partial charge in [0.25, 0.3) is 0 Å². The van der Waals surface area contributed by atoms with Crippen LogP contribution in [0.15, 0.2) is 5.10 Å². The van der Waals surface area contributed by atoms with E-state index in [2.05, 4.69) is 12.0 Å². The van der Waals surface area contributed by atoms with E-state index in [1.807, 2.05) is 0 Å². The van der Waals surface area contributed by atoms with Gasteiger partial charge >= 0.3 is 6.09 Å². The van der Waals surface area contributed by atoms with Crippen LogP contribution in [0.5, 0.6) is 0 Å². The summed E-state index contributed by atoms with van der Waals surface area (Å²) < 4.78 is 0. The molecule has 3 atom stereocenters. The Bertz CT molecular complexity index is 330. The highest BCUT2D eigenvalue weighted by atomic mass is 16.4. The van der Waals surface area contributed by atoms with Gasteiger partial charge in [0, 0.05) is 6.04 Å². The van der Waals surface area contributed by atoms with Gasteiger partial charge < -0.3 is 16.7 Å². The number of nitrogens with two attached hydrogens (primary N) is 2. The highest BCUT2D eigenvalue weighted by Gasteiger charge is 2.60. The summed E-state index contributed by atoms with van der Waals surface area (Å²) in [5.74, 6) is 5.88. The molecule has 0 aromatic rings. The van der Waals surface area contributed by atoms with Gasteiger partial charge in [-0.1, -0.05) is 6.92 Å². The minimum Gasteiger partial charge on any atom is -0.465 e. The molecule has 0 radical (unpaired) electrons. The van der Waals surface area contributed by atoms with E-state index in [0.717, 1.165) is 19.3 Å². The van der Waals surface area contributed by atoms with E-state index in [0.29, 0.717) is 5.92 Å². The van der Waals surface area contributed by atoms with E-state index in [1.54, 1.807) is 0 Å². The lowest BCUT2D eigenvalue weighted by atomic mass is 9.64. The Morgan fingerprint density at radius 3 is 2.80 bits per heavy atom. The minimum absolute atomic E-state index is 0.0894. The summed E-state index contributed by atoms with van der Waals surface area (Å²) in [4.78, 5) is 12.5. The zero-order valence-corrected chi connectivity index (χ0v) is 8.68. The number of piperidine rings is 1. The number of hydrazone groups is 1. The topological polar surface area (TPSA) is 105 Å². The second-order valence-corrected chi connectivity index (χ2v) is 4.60. The number of hydrogen-bond donors (Lipinski definition) is 3. The number of fused-ring (bicyclic) bond motifs is 2. The monoisotopic (exact) mass is 212 g/mol. The molecule has 3 rings (SSSR count). The molecule has 3 fully saturated rings. The van der Waals surface area contributed by atoms with Crippen molar-refractivity contribution in [3.05, 3.63) is 0 Å². The Labute approximate surface area is 87.9 Å². The number of amides is 1. The molecule has 1 saturated carbocycles. The number of amidine groups is 1. The third kappa shape index (κ3) is 1.17. The molecule has 5 N–H and O–H groups in total. The maximum atomic E-state index is 11.1. The molecular weight excluding hydrogens is 196 g/mol. The Kier molecular flexibility index (Phi) is 2.02. The lowest BCUT2D eigenvalue weighted by Gasteiger charge is -2.61. The average Bonchev–Trinajstić information content (AvgIpc) is 2.14. The quantitative estimate of drug-likeness (QED) is 0.249. The fourth-order valence-corrected chi connectivity index (χ4v) is 3.10. The molecule has 6 nitrogen and oxygen atoms in total. The van der Waals surface area contributed by atoms with Gasteiger partial charge in [0.05, 0.1) is 0 Å². The summed E-state index contributed by atoms with van der Waals surface area (Å²) in [6.45, 7) is 2.10. The van der Waals surface area contributed by atoms with Crippen LogP contribution in [0.2, 0.25) is 0 Å². The molecular formula is C9H16N4O2. The zero-order chi connectivity index (χ0) is 11.2. The highest BCUT2D eigenvalue weighted by Crippen LogP contribution is 2.49. The van der Waals surface area contributed by atoms with Crippen molar-refractivity contribution in [2.24, 2.45) is 22.6 Å². The first-order valence-electron chi connectivity index (χ1n) is 5.07. The normalized spacial score (nSPS) is 39.8. The average molecular weight is 212 g/mol. The van der Waals surface area contributed by atoms with Crippen LogP contribution in [0, 0.1) is 5.92 Å². The van der Waals surface area contributed by atoms with Gasteiger partial charge in [0.15, 0.2) is 0 Å². The van der Waals surface area contributed by atoms with E-state index in [-0.39, 0.29) is 11.9 Å². The minimum atomic E-state index is -0.926. The van der Waals surface area contributed by atoms with E-state index < -0.39 is 11.6 Å². The van der Waals surface area contributed by atoms with Crippen LogP contribution in [-0.2, 0) is 0 Å². The van der Waals surface area contributed by atoms with Crippen LogP contribution in [-0.4, -0.2) is 33.5 Å². The number of rotatable bonds is 1. The van der Waals surface area contributed by atoms with Crippen molar-refractivity contribution in [1.29, 1.82) is 0 Å². The van der Waals surface area contributed by atoms with Gasteiger partial charge in [0.2, 0.25) is 0 Å².